The first-order valence-electron chi connectivity index (χ1n) is 5.60. The third kappa shape index (κ3) is 3.23. The lowest BCUT2D eigenvalue weighted by Gasteiger charge is -2.01. The van der Waals surface area contributed by atoms with E-state index in [4.69, 9.17) is 16.0 Å². The van der Waals surface area contributed by atoms with Gasteiger partial charge in [0.05, 0.1) is 6.61 Å². The first-order chi connectivity index (χ1) is 9.10. The fourth-order valence-electron chi connectivity index (χ4n) is 1.44. The number of carbonyl (C=O) groups excluding carboxylic acids is 2. The number of oxazole rings is 1. The molecule has 0 aliphatic rings. The standard InChI is InChI=1S/C12H11ClN2O4/c1-2-18-10(16)6-14-11(17)12-15-8-5-7(13)3-4-9(8)19-12/h3-5H,2,6H2,1H3,(H,14,17). The van der Waals surface area contributed by atoms with Gasteiger partial charge in [-0.3, -0.25) is 9.59 Å². The van der Waals surface area contributed by atoms with Crippen molar-refractivity contribution in [1.29, 1.82) is 0 Å². The lowest BCUT2D eigenvalue weighted by atomic mass is 10.3. The number of benzene rings is 1. The summed E-state index contributed by atoms with van der Waals surface area (Å²) in [7, 11) is 0. The molecule has 1 aromatic heterocycles. The first-order valence-corrected chi connectivity index (χ1v) is 5.98. The number of aromatic nitrogens is 1. The molecule has 19 heavy (non-hydrogen) atoms. The van der Waals surface area contributed by atoms with Crippen molar-refractivity contribution < 1.29 is 18.7 Å². The molecule has 0 saturated carbocycles. The number of hydrogen-bond acceptors (Lipinski definition) is 5. The number of nitrogens with zero attached hydrogens (tertiary/aromatic N) is 1. The summed E-state index contributed by atoms with van der Waals surface area (Å²) in [6.07, 6.45) is 0. The highest BCUT2D eigenvalue weighted by atomic mass is 35.5. The number of esters is 1. The molecule has 2 aromatic rings. The Hall–Kier alpha value is -2.08. The van der Waals surface area contributed by atoms with Crippen molar-refractivity contribution in [1.82, 2.24) is 10.3 Å². The molecule has 7 heteroatoms. The molecule has 0 bridgehead atoms. The van der Waals surface area contributed by atoms with Crippen LogP contribution in [0.15, 0.2) is 22.6 Å². The van der Waals surface area contributed by atoms with Gasteiger partial charge in [0.25, 0.3) is 5.89 Å². The van der Waals surface area contributed by atoms with Crippen molar-refractivity contribution in [2.45, 2.75) is 6.92 Å². The van der Waals surface area contributed by atoms with Gasteiger partial charge in [-0.25, -0.2) is 4.98 Å². The lowest BCUT2D eigenvalue weighted by molar-refractivity contribution is -0.141. The average molecular weight is 283 g/mol. The topological polar surface area (TPSA) is 81.4 Å². The summed E-state index contributed by atoms with van der Waals surface area (Å²) in [6.45, 7) is 1.71. The van der Waals surface area contributed by atoms with Crippen LogP contribution >= 0.6 is 11.6 Å². The number of rotatable bonds is 4. The molecule has 2 rings (SSSR count). The Labute approximate surface area is 113 Å². The second kappa shape index (κ2) is 5.71. The molecule has 0 saturated heterocycles. The SMILES string of the molecule is CCOC(=O)CNC(=O)c1nc2cc(Cl)ccc2o1. The third-order valence-electron chi connectivity index (χ3n) is 2.24. The fraction of sp³-hybridized carbons (Fsp3) is 0.250. The van der Waals surface area contributed by atoms with E-state index in [-0.39, 0.29) is 19.0 Å². The molecule has 6 nitrogen and oxygen atoms in total. The molecule has 0 unspecified atom stereocenters. The minimum absolute atomic E-state index is 0.124. The van der Waals surface area contributed by atoms with Crippen molar-refractivity contribution in [2.75, 3.05) is 13.2 Å². The number of carbonyl (C=O) groups is 2. The van der Waals surface area contributed by atoms with E-state index in [1.54, 1.807) is 25.1 Å². The molecular formula is C12H11ClN2O4. The van der Waals surface area contributed by atoms with Gasteiger partial charge in [-0.2, -0.15) is 0 Å². The molecule has 0 atom stereocenters. The molecule has 0 radical (unpaired) electrons. The molecule has 100 valence electrons. The molecule has 0 spiro atoms. The minimum atomic E-state index is -0.583. The van der Waals surface area contributed by atoms with E-state index in [1.165, 1.54) is 0 Å². The molecular weight excluding hydrogens is 272 g/mol. The molecule has 1 heterocycles. The Balaban J connectivity index is 2.07. The van der Waals surface area contributed by atoms with E-state index in [2.05, 4.69) is 15.0 Å². The van der Waals surface area contributed by atoms with E-state index in [9.17, 15) is 9.59 Å². The highest BCUT2D eigenvalue weighted by molar-refractivity contribution is 6.31. The largest absolute Gasteiger partial charge is 0.465 e. The predicted molar refractivity (Wildman–Crippen MR) is 68.0 cm³/mol. The van der Waals surface area contributed by atoms with E-state index >= 15 is 0 Å². The van der Waals surface area contributed by atoms with Crippen LogP contribution in [0.1, 0.15) is 17.6 Å². The second-order valence-corrected chi connectivity index (χ2v) is 4.06. The Morgan fingerprint density at radius 1 is 1.47 bits per heavy atom. The Bertz CT molecular complexity index is 623. The number of nitrogens with one attached hydrogen (secondary N) is 1. The maximum atomic E-state index is 11.7. The average Bonchev–Trinajstić information content (AvgIpc) is 2.79. The van der Waals surface area contributed by atoms with Crippen molar-refractivity contribution in [3.8, 4) is 0 Å². The van der Waals surface area contributed by atoms with E-state index in [0.717, 1.165) is 0 Å². The predicted octanol–water partition coefficient (Wildman–Crippen LogP) is 1.77. The summed E-state index contributed by atoms with van der Waals surface area (Å²) in [5, 5.41) is 2.86. The van der Waals surface area contributed by atoms with Crippen molar-refractivity contribution >= 4 is 34.6 Å². The van der Waals surface area contributed by atoms with Gasteiger partial charge in [0.15, 0.2) is 5.58 Å². The minimum Gasteiger partial charge on any atom is -0.465 e. The van der Waals surface area contributed by atoms with Gasteiger partial charge < -0.3 is 14.5 Å². The molecule has 1 N–H and O–H groups in total. The Kier molecular flexibility index (Phi) is 4.01. The van der Waals surface area contributed by atoms with E-state index in [1.807, 2.05) is 0 Å². The van der Waals surface area contributed by atoms with Gasteiger partial charge in [0.2, 0.25) is 0 Å². The van der Waals surface area contributed by atoms with Crippen molar-refractivity contribution in [3.63, 3.8) is 0 Å². The molecule has 0 fully saturated rings. The lowest BCUT2D eigenvalue weighted by Crippen LogP contribution is -2.30. The summed E-state index contributed by atoms with van der Waals surface area (Å²) in [4.78, 5) is 26.8. The highest BCUT2D eigenvalue weighted by Crippen LogP contribution is 2.19. The number of ether oxygens (including phenoxy) is 1. The van der Waals surface area contributed by atoms with Gasteiger partial charge in [-0.15, -0.1) is 0 Å². The van der Waals surface area contributed by atoms with Crippen LogP contribution in [0.2, 0.25) is 5.02 Å². The maximum Gasteiger partial charge on any atom is 0.325 e. The van der Waals surface area contributed by atoms with Crippen LogP contribution in [0.3, 0.4) is 0 Å². The zero-order valence-corrected chi connectivity index (χ0v) is 10.9. The van der Waals surface area contributed by atoms with Crippen LogP contribution in [0.4, 0.5) is 0 Å². The van der Waals surface area contributed by atoms with Gasteiger partial charge in [-0.05, 0) is 25.1 Å². The van der Waals surface area contributed by atoms with Crippen LogP contribution in [-0.2, 0) is 9.53 Å². The zero-order valence-electron chi connectivity index (χ0n) is 10.1. The van der Waals surface area contributed by atoms with Gasteiger partial charge in [-0.1, -0.05) is 11.6 Å². The number of hydrogen-bond donors (Lipinski definition) is 1. The highest BCUT2D eigenvalue weighted by Gasteiger charge is 2.15. The monoisotopic (exact) mass is 282 g/mol. The summed E-state index contributed by atoms with van der Waals surface area (Å²) in [5.41, 5.74) is 0.930. The molecule has 0 aliphatic heterocycles. The van der Waals surface area contributed by atoms with Crippen molar-refractivity contribution in [2.24, 2.45) is 0 Å². The Morgan fingerprint density at radius 2 is 2.26 bits per heavy atom. The summed E-state index contributed by atoms with van der Waals surface area (Å²) in [6, 6.07) is 4.84. The first kappa shape index (κ1) is 13.4. The summed E-state index contributed by atoms with van der Waals surface area (Å²) in [5.74, 6) is -1.23. The Morgan fingerprint density at radius 3 is 3.00 bits per heavy atom. The quantitative estimate of drug-likeness (QED) is 0.864. The molecule has 1 amide bonds. The van der Waals surface area contributed by atoms with Crippen molar-refractivity contribution in [3.05, 3.63) is 29.1 Å². The molecule has 1 aromatic carbocycles. The number of amides is 1. The normalized spacial score (nSPS) is 10.4. The molecule has 0 aliphatic carbocycles. The van der Waals surface area contributed by atoms with Crippen LogP contribution in [0.25, 0.3) is 11.1 Å². The third-order valence-corrected chi connectivity index (χ3v) is 2.48. The van der Waals surface area contributed by atoms with Crippen LogP contribution in [0.5, 0.6) is 0 Å². The summed E-state index contributed by atoms with van der Waals surface area (Å²) >= 11 is 5.80. The number of fused-ring (bicyclic) bond motifs is 1. The number of halogens is 1. The maximum absolute atomic E-state index is 11.7. The second-order valence-electron chi connectivity index (χ2n) is 3.62. The fourth-order valence-corrected chi connectivity index (χ4v) is 1.60. The van der Waals surface area contributed by atoms with Crippen LogP contribution in [-0.4, -0.2) is 30.0 Å². The van der Waals surface area contributed by atoms with Crippen LogP contribution in [0, 0.1) is 0 Å². The zero-order chi connectivity index (χ0) is 13.8. The van der Waals surface area contributed by atoms with Crippen LogP contribution < -0.4 is 5.32 Å². The van der Waals surface area contributed by atoms with E-state index < -0.39 is 11.9 Å². The van der Waals surface area contributed by atoms with E-state index in [0.29, 0.717) is 16.1 Å². The summed E-state index contributed by atoms with van der Waals surface area (Å²) < 4.78 is 9.92. The van der Waals surface area contributed by atoms with Gasteiger partial charge >= 0.3 is 11.9 Å². The van der Waals surface area contributed by atoms with Gasteiger partial charge in [0, 0.05) is 5.02 Å². The smallest absolute Gasteiger partial charge is 0.325 e. The van der Waals surface area contributed by atoms with Gasteiger partial charge in [0.1, 0.15) is 12.1 Å².